The van der Waals surface area contributed by atoms with E-state index in [2.05, 4.69) is 11.2 Å². The summed E-state index contributed by atoms with van der Waals surface area (Å²) in [5.74, 6) is 3.14. The van der Waals surface area contributed by atoms with Crippen molar-refractivity contribution in [3.63, 3.8) is 0 Å². The zero-order valence-electron chi connectivity index (χ0n) is 9.26. The Kier molecular flexibility index (Phi) is 3.21. The molecule has 1 unspecified atom stereocenters. The summed E-state index contributed by atoms with van der Waals surface area (Å²) >= 11 is 0. The van der Waals surface area contributed by atoms with Gasteiger partial charge in [-0.2, -0.15) is 0 Å². The normalized spacial score (nSPS) is 19.3. The van der Waals surface area contributed by atoms with E-state index in [1.165, 1.54) is 19.3 Å². The van der Waals surface area contributed by atoms with E-state index in [9.17, 15) is 4.79 Å². The molecule has 1 aliphatic rings. The van der Waals surface area contributed by atoms with Crippen LogP contribution in [0.25, 0.3) is 0 Å². The maximum absolute atomic E-state index is 11.9. The largest absolute Gasteiger partial charge is 0.342 e. The van der Waals surface area contributed by atoms with Gasteiger partial charge in [-0.15, -0.1) is 6.42 Å². The topological polar surface area (TPSA) is 29.1 Å². The van der Waals surface area contributed by atoms with Crippen LogP contribution >= 0.6 is 0 Å². The van der Waals surface area contributed by atoms with E-state index in [-0.39, 0.29) is 17.4 Å². The monoisotopic (exact) mass is 193 g/mol. The van der Waals surface area contributed by atoms with Gasteiger partial charge in [-0.05, 0) is 25.7 Å². The molecule has 0 aliphatic heterocycles. The molecule has 0 bridgehead atoms. The zero-order valence-corrected chi connectivity index (χ0v) is 9.26. The Morgan fingerprint density at radius 3 is 2.50 bits per heavy atom. The molecular formula is C12H19NO. The fraction of sp³-hybridized carbons (Fsp3) is 0.750. The van der Waals surface area contributed by atoms with Crippen molar-refractivity contribution >= 4 is 5.91 Å². The maximum atomic E-state index is 11.9. The lowest BCUT2D eigenvalue weighted by molar-refractivity contribution is -0.134. The molecule has 1 saturated carbocycles. The van der Waals surface area contributed by atoms with Crippen LogP contribution in [0.5, 0.6) is 0 Å². The number of carbonyl (C=O) groups is 1. The molecular weight excluding hydrogens is 174 g/mol. The molecule has 0 spiro atoms. The number of hydrogen-bond donors (Lipinski definition) is 1. The van der Waals surface area contributed by atoms with Crippen LogP contribution in [0.4, 0.5) is 0 Å². The highest BCUT2D eigenvalue weighted by Crippen LogP contribution is 2.41. The molecule has 0 aromatic rings. The van der Waals surface area contributed by atoms with E-state index in [4.69, 9.17) is 6.42 Å². The summed E-state index contributed by atoms with van der Waals surface area (Å²) in [6.07, 6.45) is 8.82. The first kappa shape index (κ1) is 11.1. The minimum Gasteiger partial charge on any atom is -0.342 e. The van der Waals surface area contributed by atoms with Gasteiger partial charge in [0.1, 0.15) is 0 Å². The third-order valence-corrected chi connectivity index (χ3v) is 3.31. The SMILES string of the molecule is C#CC(C)NC(=O)C(C)(C)C1CCC1. The highest BCUT2D eigenvalue weighted by Gasteiger charge is 2.39. The Morgan fingerprint density at radius 2 is 2.14 bits per heavy atom. The van der Waals surface area contributed by atoms with Crippen molar-refractivity contribution in [2.24, 2.45) is 11.3 Å². The predicted octanol–water partition coefficient (Wildman–Crippen LogP) is 1.95. The lowest BCUT2D eigenvalue weighted by Crippen LogP contribution is -2.46. The number of carbonyl (C=O) groups excluding carboxylic acids is 1. The Labute approximate surface area is 86.5 Å². The Morgan fingerprint density at radius 1 is 1.57 bits per heavy atom. The van der Waals surface area contributed by atoms with Crippen LogP contribution in [-0.2, 0) is 4.79 Å². The third-order valence-electron chi connectivity index (χ3n) is 3.31. The molecule has 1 rings (SSSR count). The van der Waals surface area contributed by atoms with Gasteiger partial charge in [0.2, 0.25) is 5.91 Å². The smallest absolute Gasteiger partial charge is 0.226 e. The molecule has 0 saturated heterocycles. The van der Waals surface area contributed by atoms with Crippen molar-refractivity contribution in [2.75, 3.05) is 0 Å². The Balaban J connectivity index is 2.54. The van der Waals surface area contributed by atoms with Gasteiger partial charge in [-0.1, -0.05) is 26.2 Å². The van der Waals surface area contributed by atoms with Crippen LogP contribution < -0.4 is 5.32 Å². The van der Waals surface area contributed by atoms with Crippen molar-refractivity contribution in [1.29, 1.82) is 0 Å². The van der Waals surface area contributed by atoms with Gasteiger partial charge in [0.15, 0.2) is 0 Å². The fourth-order valence-corrected chi connectivity index (χ4v) is 1.74. The molecule has 1 fully saturated rings. The fourth-order valence-electron chi connectivity index (χ4n) is 1.74. The quantitative estimate of drug-likeness (QED) is 0.682. The zero-order chi connectivity index (χ0) is 10.8. The van der Waals surface area contributed by atoms with E-state index >= 15 is 0 Å². The number of rotatable bonds is 3. The molecule has 2 heteroatoms. The predicted molar refractivity (Wildman–Crippen MR) is 57.6 cm³/mol. The molecule has 1 N–H and O–H groups in total. The number of amides is 1. The summed E-state index contributed by atoms with van der Waals surface area (Å²) in [6.45, 7) is 5.85. The average Bonchev–Trinajstić information content (AvgIpc) is 1.99. The lowest BCUT2D eigenvalue weighted by atomic mass is 9.67. The van der Waals surface area contributed by atoms with Gasteiger partial charge >= 0.3 is 0 Å². The first-order valence-electron chi connectivity index (χ1n) is 5.25. The van der Waals surface area contributed by atoms with Crippen molar-refractivity contribution in [1.82, 2.24) is 5.32 Å². The minimum atomic E-state index is -0.261. The van der Waals surface area contributed by atoms with E-state index in [0.29, 0.717) is 5.92 Å². The number of hydrogen-bond acceptors (Lipinski definition) is 1. The van der Waals surface area contributed by atoms with E-state index in [1.807, 2.05) is 20.8 Å². The van der Waals surface area contributed by atoms with Crippen molar-refractivity contribution in [3.8, 4) is 12.3 Å². The van der Waals surface area contributed by atoms with Gasteiger partial charge in [0, 0.05) is 5.41 Å². The van der Waals surface area contributed by atoms with Crippen LogP contribution in [0.2, 0.25) is 0 Å². The summed E-state index contributed by atoms with van der Waals surface area (Å²) in [6, 6.07) is -0.165. The van der Waals surface area contributed by atoms with Gasteiger partial charge in [-0.25, -0.2) is 0 Å². The third kappa shape index (κ3) is 2.09. The van der Waals surface area contributed by atoms with Crippen LogP contribution in [-0.4, -0.2) is 11.9 Å². The van der Waals surface area contributed by atoms with E-state index in [0.717, 1.165) is 0 Å². The molecule has 1 amide bonds. The highest BCUT2D eigenvalue weighted by atomic mass is 16.2. The van der Waals surface area contributed by atoms with E-state index < -0.39 is 0 Å². The highest BCUT2D eigenvalue weighted by molar-refractivity contribution is 5.82. The second-order valence-electron chi connectivity index (χ2n) is 4.71. The van der Waals surface area contributed by atoms with E-state index in [1.54, 1.807) is 0 Å². The average molecular weight is 193 g/mol. The van der Waals surface area contributed by atoms with Gasteiger partial charge in [-0.3, -0.25) is 4.79 Å². The first-order valence-corrected chi connectivity index (χ1v) is 5.25. The molecule has 78 valence electrons. The number of nitrogens with one attached hydrogen (secondary N) is 1. The first-order chi connectivity index (χ1) is 6.48. The van der Waals surface area contributed by atoms with Crippen LogP contribution in [0.1, 0.15) is 40.0 Å². The van der Waals surface area contributed by atoms with Gasteiger partial charge < -0.3 is 5.32 Å². The lowest BCUT2D eigenvalue weighted by Gasteiger charge is -2.39. The standard InChI is InChI=1S/C12H19NO/c1-5-9(2)13-11(14)12(3,4)10-7-6-8-10/h1,9-10H,6-8H2,2-4H3,(H,13,14). The summed E-state index contributed by atoms with van der Waals surface area (Å²) in [7, 11) is 0. The molecule has 0 heterocycles. The van der Waals surface area contributed by atoms with Crippen molar-refractivity contribution in [3.05, 3.63) is 0 Å². The molecule has 2 nitrogen and oxygen atoms in total. The maximum Gasteiger partial charge on any atom is 0.226 e. The summed E-state index contributed by atoms with van der Waals surface area (Å²) in [4.78, 5) is 11.9. The summed E-state index contributed by atoms with van der Waals surface area (Å²) in [5.41, 5.74) is -0.261. The number of terminal acetylenes is 1. The Hall–Kier alpha value is -0.970. The van der Waals surface area contributed by atoms with Crippen molar-refractivity contribution in [2.45, 2.75) is 46.1 Å². The molecule has 0 aromatic carbocycles. The molecule has 1 aliphatic carbocycles. The second kappa shape index (κ2) is 4.04. The molecule has 14 heavy (non-hydrogen) atoms. The summed E-state index contributed by atoms with van der Waals surface area (Å²) in [5, 5.41) is 2.84. The minimum absolute atomic E-state index is 0.0904. The van der Waals surface area contributed by atoms with Crippen LogP contribution in [0, 0.1) is 23.7 Å². The molecule has 0 radical (unpaired) electrons. The van der Waals surface area contributed by atoms with Crippen LogP contribution in [0.15, 0.2) is 0 Å². The van der Waals surface area contributed by atoms with Gasteiger partial charge in [0.05, 0.1) is 6.04 Å². The molecule has 1 atom stereocenters. The summed E-state index contributed by atoms with van der Waals surface area (Å²) < 4.78 is 0. The van der Waals surface area contributed by atoms with Crippen molar-refractivity contribution < 1.29 is 4.79 Å². The Bertz CT molecular complexity index is 258. The van der Waals surface area contributed by atoms with Crippen LogP contribution in [0.3, 0.4) is 0 Å². The second-order valence-corrected chi connectivity index (χ2v) is 4.71. The van der Waals surface area contributed by atoms with Gasteiger partial charge in [0.25, 0.3) is 0 Å². The molecule has 0 aromatic heterocycles.